The third kappa shape index (κ3) is 2.45. The molecule has 0 radical (unpaired) electrons. The molecule has 134 valence electrons. The third-order valence-electron chi connectivity index (χ3n) is 6.48. The van der Waals surface area contributed by atoms with E-state index in [1.165, 1.54) is 11.3 Å². The van der Waals surface area contributed by atoms with Crippen LogP contribution in [-0.2, 0) is 11.2 Å². The van der Waals surface area contributed by atoms with E-state index in [0.717, 1.165) is 22.1 Å². The Labute approximate surface area is 145 Å². The minimum absolute atomic E-state index is 0.000700. The topological polar surface area (TPSA) is 106 Å². The molecule has 1 heterocycles. The normalized spacial score (nSPS) is 38.3. The quantitative estimate of drug-likeness (QED) is 0.737. The molecule has 0 unspecified atom stereocenters. The lowest BCUT2D eigenvalue weighted by molar-refractivity contribution is -0.307. The Balaban J connectivity index is 2.13. The number of fused-ring (bicyclic) bond motifs is 2. The molecule has 3 N–H and O–H groups in total. The molecule has 1 fully saturated rings. The van der Waals surface area contributed by atoms with Gasteiger partial charge in [-0.3, -0.25) is 0 Å². The predicted octanol–water partition coefficient (Wildman–Crippen LogP) is 0.740. The van der Waals surface area contributed by atoms with Crippen molar-refractivity contribution in [2.75, 3.05) is 19.0 Å². The maximum Gasteiger partial charge on any atom is 0.182 e. The van der Waals surface area contributed by atoms with E-state index in [1.54, 1.807) is 7.05 Å². The number of rotatable bonds is 4. The SMILES string of the molecule is CNc1nc2c(s1)C[C@@H]1[C@](C)(CO)[C@H](O)CC[C@@]1(C)[C@@H]2CC(=O)[O-]. The third-order valence-corrected chi connectivity index (χ3v) is 7.59. The lowest BCUT2D eigenvalue weighted by Crippen LogP contribution is -2.57. The van der Waals surface area contributed by atoms with Crippen LogP contribution in [0.2, 0.25) is 0 Å². The van der Waals surface area contributed by atoms with Gasteiger partial charge in [0.15, 0.2) is 5.13 Å². The summed E-state index contributed by atoms with van der Waals surface area (Å²) in [6, 6.07) is 0. The molecule has 0 aromatic carbocycles. The minimum atomic E-state index is -1.08. The molecule has 1 saturated carbocycles. The largest absolute Gasteiger partial charge is 0.550 e. The van der Waals surface area contributed by atoms with Crippen molar-refractivity contribution < 1.29 is 20.1 Å². The lowest BCUT2D eigenvalue weighted by atomic mass is 9.47. The summed E-state index contributed by atoms with van der Waals surface area (Å²) < 4.78 is 0. The smallest absolute Gasteiger partial charge is 0.182 e. The Morgan fingerprint density at radius 1 is 1.50 bits per heavy atom. The molecule has 7 heteroatoms. The van der Waals surface area contributed by atoms with Gasteiger partial charge in [-0.25, -0.2) is 4.98 Å². The van der Waals surface area contributed by atoms with Crippen molar-refractivity contribution in [2.24, 2.45) is 16.7 Å². The molecule has 0 spiro atoms. The van der Waals surface area contributed by atoms with Crippen LogP contribution in [0.25, 0.3) is 0 Å². The van der Waals surface area contributed by atoms with Gasteiger partial charge in [-0.15, -0.1) is 11.3 Å². The Kier molecular flexibility index (Phi) is 4.38. The number of aromatic nitrogens is 1. The van der Waals surface area contributed by atoms with Gasteiger partial charge in [-0.2, -0.15) is 0 Å². The summed E-state index contributed by atoms with van der Waals surface area (Å²) in [5.74, 6) is -1.34. The predicted molar refractivity (Wildman–Crippen MR) is 89.8 cm³/mol. The first kappa shape index (κ1) is 17.6. The fourth-order valence-electron chi connectivity index (χ4n) is 4.92. The number of carboxylic acid groups (broad SMARTS) is 1. The maximum atomic E-state index is 11.4. The van der Waals surface area contributed by atoms with Gasteiger partial charge in [0.2, 0.25) is 0 Å². The number of thiazole rings is 1. The van der Waals surface area contributed by atoms with Gasteiger partial charge in [0.25, 0.3) is 0 Å². The standard InChI is InChI=1S/C17H26N2O4S/c1-16-5-4-12(21)17(2,8-20)11(16)7-10-14(9(16)6-13(22)23)19-15(18-3)24-10/h9,11-12,20-21H,4-8H2,1-3H3,(H,18,19)(H,22,23)/p-1/t9-,11+,12-,16+,17+/m1/s1. The van der Waals surface area contributed by atoms with Crippen molar-refractivity contribution in [3.63, 3.8) is 0 Å². The van der Waals surface area contributed by atoms with Crippen molar-refractivity contribution in [1.82, 2.24) is 4.98 Å². The summed E-state index contributed by atoms with van der Waals surface area (Å²) in [5.41, 5.74) is -0.120. The molecular weight excluding hydrogens is 328 g/mol. The van der Waals surface area contributed by atoms with Crippen LogP contribution in [0.4, 0.5) is 5.13 Å². The molecule has 2 aliphatic rings. The molecular formula is C17H25N2O4S-. The van der Waals surface area contributed by atoms with E-state index in [2.05, 4.69) is 17.2 Å². The Morgan fingerprint density at radius 2 is 2.21 bits per heavy atom. The van der Waals surface area contributed by atoms with Gasteiger partial charge in [0.05, 0.1) is 18.4 Å². The second kappa shape index (κ2) is 5.97. The first-order valence-electron chi connectivity index (χ1n) is 8.42. The summed E-state index contributed by atoms with van der Waals surface area (Å²) in [6.45, 7) is 3.90. The van der Waals surface area contributed by atoms with Gasteiger partial charge in [-0.1, -0.05) is 13.8 Å². The summed E-state index contributed by atoms with van der Waals surface area (Å²) in [4.78, 5) is 17.1. The van der Waals surface area contributed by atoms with Crippen molar-refractivity contribution in [3.05, 3.63) is 10.6 Å². The number of aliphatic hydroxyl groups excluding tert-OH is 2. The van der Waals surface area contributed by atoms with Crippen LogP contribution in [0.1, 0.15) is 49.6 Å². The molecule has 1 aromatic heterocycles. The number of anilines is 1. The number of hydrogen-bond donors (Lipinski definition) is 3. The molecule has 0 amide bonds. The number of nitrogens with zero attached hydrogens (tertiary/aromatic N) is 1. The van der Waals surface area contributed by atoms with E-state index in [1.807, 2.05) is 6.92 Å². The summed E-state index contributed by atoms with van der Waals surface area (Å²) in [7, 11) is 1.80. The van der Waals surface area contributed by atoms with E-state index < -0.39 is 17.5 Å². The average molecular weight is 353 g/mol. The number of aliphatic hydroxyl groups is 2. The molecule has 0 aliphatic heterocycles. The molecule has 2 aliphatic carbocycles. The Morgan fingerprint density at radius 3 is 2.79 bits per heavy atom. The first-order valence-corrected chi connectivity index (χ1v) is 9.24. The van der Waals surface area contributed by atoms with Crippen molar-refractivity contribution in [3.8, 4) is 0 Å². The first-order chi connectivity index (χ1) is 11.3. The van der Waals surface area contributed by atoms with Crippen LogP contribution in [0.5, 0.6) is 0 Å². The van der Waals surface area contributed by atoms with Gasteiger partial charge >= 0.3 is 0 Å². The maximum absolute atomic E-state index is 11.4. The van der Waals surface area contributed by atoms with Crippen LogP contribution in [0, 0.1) is 16.7 Å². The van der Waals surface area contributed by atoms with Crippen LogP contribution in [0.15, 0.2) is 0 Å². The van der Waals surface area contributed by atoms with Crippen LogP contribution in [0.3, 0.4) is 0 Å². The lowest BCUT2D eigenvalue weighted by Gasteiger charge is -2.58. The minimum Gasteiger partial charge on any atom is -0.550 e. The van der Waals surface area contributed by atoms with Crippen molar-refractivity contribution in [1.29, 1.82) is 0 Å². The fraction of sp³-hybridized carbons (Fsp3) is 0.765. The molecule has 0 saturated heterocycles. The number of aliphatic carboxylic acids is 1. The number of carboxylic acids is 1. The monoisotopic (exact) mass is 353 g/mol. The van der Waals surface area contributed by atoms with Gasteiger partial charge in [0, 0.05) is 29.2 Å². The highest BCUT2D eigenvalue weighted by Crippen LogP contribution is 2.62. The van der Waals surface area contributed by atoms with Gasteiger partial charge in [0.1, 0.15) is 0 Å². The second-order valence-electron chi connectivity index (χ2n) is 7.69. The number of carbonyl (C=O) groups is 1. The van der Waals surface area contributed by atoms with Crippen LogP contribution >= 0.6 is 11.3 Å². The van der Waals surface area contributed by atoms with Crippen molar-refractivity contribution in [2.45, 2.75) is 51.6 Å². The highest BCUT2D eigenvalue weighted by molar-refractivity contribution is 7.15. The van der Waals surface area contributed by atoms with Crippen molar-refractivity contribution >= 4 is 22.4 Å². The molecule has 24 heavy (non-hydrogen) atoms. The van der Waals surface area contributed by atoms with Crippen LogP contribution < -0.4 is 10.4 Å². The Bertz CT molecular complexity index is 649. The Hall–Kier alpha value is -1.18. The number of nitrogens with one attached hydrogen (secondary N) is 1. The second-order valence-corrected chi connectivity index (χ2v) is 8.77. The zero-order valence-corrected chi connectivity index (χ0v) is 15.2. The van der Waals surface area contributed by atoms with Crippen LogP contribution in [-0.4, -0.2) is 40.9 Å². The average Bonchev–Trinajstić information content (AvgIpc) is 2.96. The van der Waals surface area contributed by atoms with Gasteiger partial charge in [-0.05, 0) is 37.0 Å². The van der Waals surface area contributed by atoms with E-state index in [0.29, 0.717) is 12.8 Å². The van der Waals surface area contributed by atoms with E-state index >= 15 is 0 Å². The summed E-state index contributed by atoms with van der Waals surface area (Å²) >= 11 is 1.53. The van der Waals surface area contributed by atoms with E-state index in [9.17, 15) is 20.1 Å². The highest BCUT2D eigenvalue weighted by atomic mass is 32.1. The summed E-state index contributed by atoms with van der Waals surface area (Å²) in [6.07, 6.45) is 1.33. The van der Waals surface area contributed by atoms with E-state index in [4.69, 9.17) is 0 Å². The molecule has 5 atom stereocenters. The summed E-state index contributed by atoms with van der Waals surface area (Å²) in [5, 5.41) is 35.8. The zero-order valence-electron chi connectivity index (χ0n) is 14.3. The molecule has 0 bridgehead atoms. The molecule has 3 rings (SSSR count). The highest BCUT2D eigenvalue weighted by Gasteiger charge is 2.58. The molecule has 6 nitrogen and oxygen atoms in total. The van der Waals surface area contributed by atoms with E-state index in [-0.39, 0.29) is 30.3 Å². The number of hydrogen-bond acceptors (Lipinski definition) is 7. The molecule has 1 aromatic rings. The zero-order chi connectivity index (χ0) is 17.7. The number of carbonyl (C=O) groups excluding carboxylic acids is 1. The van der Waals surface area contributed by atoms with Gasteiger partial charge < -0.3 is 25.4 Å². The fourth-order valence-corrected chi connectivity index (χ4v) is 5.94.